The summed E-state index contributed by atoms with van der Waals surface area (Å²) in [6, 6.07) is 15.5. The molecule has 1 amide bonds. The predicted octanol–water partition coefficient (Wildman–Crippen LogP) is 6.63. The molecule has 1 aromatic heterocycles. The van der Waals surface area contributed by atoms with Crippen molar-refractivity contribution in [2.75, 3.05) is 11.1 Å². The van der Waals surface area contributed by atoms with Gasteiger partial charge >= 0.3 is 0 Å². The van der Waals surface area contributed by atoms with Crippen molar-refractivity contribution in [2.45, 2.75) is 17.7 Å². The summed E-state index contributed by atoms with van der Waals surface area (Å²) in [7, 11) is 0. The zero-order chi connectivity index (χ0) is 18.4. The van der Waals surface area contributed by atoms with Crippen LogP contribution in [0.15, 0.2) is 58.8 Å². The highest BCUT2D eigenvalue weighted by Gasteiger charge is 2.09. The number of benzene rings is 2. The van der Waals surface area contributed by atoms with Crippen molar-refractivity contribution in [1.29, 1.82) is 0 Å². The van der Waals surface area contributed by atoms with Gasteiger partial charge in [0.1, 0.15) is 0 Å². The Hall–Kier alpha value is -1.53. The van der Waals surface area contributed by atoms with Gasteiger partial charge in [-0.25, -0.2) is 4.98 Å². The fourth-order valence-electron chi connectivity index (χ4n) is 2.24. The van der Waals surface area contributed by atoms with Crippen molar-refractivity contribution in [3.8, 4) is 11.3 Å². The molecule has 0 aliphatic rings. The first-order valence-corrected chi connectivity index (χ1v) is 10.6. The number of thiazole rings is 1. The predicted molar refractivity (Wildman–Crippen MR) is 113 cm³/mol. The monoisotopic (exact) mass is 422 g/mol. The number of rotatable bonds is 7. The number of carbonyl (C=O) groups excluding carboxylic acids is 1. The van der Waals surface area contributed by atoms with Crippen molar-refractivity contribution in [2.24, 2.45) is 0 Å². The summed E-state index contributed by atoms with van der Waals surface area (Å²) in [4.78, 5) is 17.7. The summed E-state index contributed by atoms with van der Waals surface area (Å²) in [5.74, 6) is 0.887. The summed E-state index contributed by atoms with van der Waals surface area (Å²) in [5.41, 5.74) is 1.64. The van der Waals surface area contributed by atoms with Crippen LogP contribution in [0.3, 0.4) is 0 Å². The average molecular weight is 423 g/mol. The third kappa shape index (κ3) is 5.48. The van der Waals surface area contributed by atoms with Crippen LogP contribution in [-0.4, -0.2) is 16.6 Å². The minimum absolute atomic E-state index is 0.0197. The molecule has 1 heterocycles. The zero-order valence-corrected chi connectivity index (χ0v) is 16.9. The smallest absolute Gasteiger partial charge is 0.226 e. The second-order valence-corrected chi connectivity index (χ2v) is 8.32. The lowest BCUT2D eigenvalue weighted by Crippen LogP contribution is -2.11. The van der Waals surface area contributed by atoms with E-state index >= 15 is 0 Å². The second-order valence-electron chi connectivity index (χ2n) is 5.48. The van der Waals surface area contributed by atoms with Gasteiger partial charge in [-0.1, -0.05) is 47.5 Å². The average Bonchev–Trinajstić information content (AvgIpc) is 3.10. The zero-order valence-electron chi connectivity index (χ0n) is 13.7. The fourth-order valence-corrected chi connectivity index (χ4v) is 4.15. The number of hydrogen-bond acceptors (Lipinski definition) is 4. The summed E-state index contributed by atoms with van der Waals surface area (Å²) >= 11 is 15.1. The SMILES string of the molecule is O=C(CCCSc1ccccc1)Nc1nc(-c2ccc(Cl)c(Cl)c2)cs1. The Bertz CT molecular complexity index is 884. The van der Waals surface area contributed by atoms with Gasteiger partial charge in [0.25, 0.3) is 0 Å². The Morgan fingerprint density at radius 1 is 1.12 bits per heavy atom. The van der Waals surface area contributed by atoms with E-state index in [2.05, 4.69) is 22.4 Å². The summed E-state index contributed by atoms with van der Waals surface area (Å²) in [5, 5.41) is 6.33. The molecule has 0 radical (unpaired) electrons. The molecular weight excluding hydrogens is 407 g/mol. The largest absolute Gasteiger partial charge is 0.302 e. The van der Waals surface area contributed by atoms with Crippen LogP contribution in [0, 0.1) is 0 Å². The summed E-state index contributed by atoms with van der Waals surface area (Å²) in [6.07, 6.45) is 1.29. The van der Waals surface area contributed by atoms with Crippen LogP contribution in [0.4, 0.5) is 5.13 Å². The number of hydrogen-bond donors (Lipinski definition) is 1. The van der Waals surface area contributed by atoms with Crippen LogP contribution in [0.25, 0.3) is 11.3 Å². The number of anilines is 1. The van der Waals surface area contributed by atoms with Crippen LogP contribution in [-0.2, 0) is 4.79 Å². The van der Waals surface area contributed by atoms with Crippen molar-refractivity contribution in [3.63, 3.8) is 0 Å². The number of nitrogens with zero attached hydrogens (tertiary/aromatic N) is 1. The fraction of sp³-hybridized carbons (Fsp3) is 0.158. The van der Waals surface area contributed by atoms with E-state index in [1.165, 1.54) is 16.2 Å². The molecule has 3 nitrogen and oxygen atoms in total. The molecule has 0 atom stereocenters. The van der Waals surface area contributed by atoms with Gasteiger partial charge < -0.3 is 5.32 Å². The molecule has 26 heavy (non-hydrogen) atoms. The van der Waals surface area contributed by atoms with E-state index in [1.54, 1.807) is 23.9 Å². The molecule has 0 bridgehead atoms. The Kier molecular flexibility index (Phi) is 6.97. The first kappa shape index (κ1) is 19.2. The topological polar surface area (TPSA) is 42.0 Å². The highest BCUT2D eigenvalue weighted by Crippen LogP contribution is 2.30. The molecule has 0 aliphatic heterocycles. The molecule has 0 saturated carbocycles. The van der Waals surface area contributed by atoms with Gasteiger partial charge in [0, 0.05) is 22.3 Å². The van der Waals surface area contributed by atoms with Gasteiger partial charge in [0.05, 0.1) is 15.7 Å². The minimum Gasteiger partial charge on any atom is -0.302 e. The minimum atomic E-state index is -0.0197. The van der Waals surface area contributed by atoms with Gasteiger partial charge in [0.15, 0.2) is 5.13 Å². The number of amides is 1. The molecule has 2 aromatic carbocycles. The van der Waals surface area contributed by atoms with E-state index in [1.807, 2.05) is 29.6 Å². The molecule has 3 rings (SSSR count). The number of nitrogens with one attached hydrogen (secondary N) is 1. The molecule has 0 spiro atoms. The first-order chi connectivity index (χ1) is 12.6. The van der Waals surface area contributed by atoms with E-state index in [0.717, 1.165) is 23.4 Å². The highest BCUT2D eigenvalue weighted by molar-refractivity contribution is 7.99. The van der Waals surface area contributed by atoms with E-state index in [0.29, 0.717) is 21.6 Å². The first-order valence-electron chi connectivity index (χ1n) is 8.00. The normalized spacial score (nSPS) is 10.7. The van der Waals surface area contributed by atoms with Crippen LogP contribution in [0.5, 0.6) is 0 Å². The third-order valence-corrected chi connectivity index (χ3v) is 6.12. The number of aromatic nitrogens is 1. The van der Waals surface area contributed by atoms with Crippen LogP contribution < -0.4 is 5.32 Å². The molecule has 0 fully saturated rings. The van der Waals surface area contributed by atoms with Gasteiger partial charge in [-0.05, 0) is 36.4 Å². The molecule has 0 unspecified atom stereocenters. The summed E-state index contributed by atoms with van der Waals surface area (Å²) < 4.78 is 0. The van der Waals surface area contributed by atoms with E-state index in [9.17, 15) is 4.79 Å². The van der Waals surface area contributed by atoms with Crippen molar-refractivity contribution in [1.82, 2.24) is 4.98 Å². The number of carbonyl (C=O) groups is 1. The highest BCUT2D eigenvalue weighted by atomic mass is 35.5. The second kappa shape index (κ2) is 9.42. The molecule has 7 heteroatoms. The molecule has 0 saturated heterocycles. The number of halogens is 2. The van der Waals surface area contributed by atoms with Crippen molar-refractivity contribution < 1.29 is 4.79 Å². The van der Waals surface area contributed by atoms with Crippen LogP contribution in [0.1, 0.15) is 12.8 Å². The maximum Gasteiger partial charge on any atom is 0.226 e. The standard InChI is InChI=1S/C19H16Cl2N2OS2/c20-15-9-8-13(11-16(15)21)17-12-26-19(22-17)23-18(24)7-4-10-25-14-5-2-1-3-6-14/h1-3,5-6,8-9,11-12H,4,7,10H2,(H,22,23,24). The van der Waals surface area contributed by atoms with E-state index in [-0.39, 0.29) is 5.91 Å². The Morgan fingerprint density at radius 3 is 2.69 bits per heavy atom. The maximum absolute atomic E-state index is 12.1. The molecular formula is C19H16Cl2N2OS2. The Morgan fingerprint density at radius 2 is 1.92 bits per heavy atom. The van der Waals surface area contributed by atoms with E-state index in [4.69, 9.17) is 23.2 Å². The summed E-state index contributed by atoms with van der Waals surface area (Å²) in [6.45, 7) is 0. The lowest BCUT2D eigenvalue weighted by molar-refractivity contribution is -0.116. The Balaban J connectivity index is 1.47. The lowest BCUT2D eigenvalue weighted by Gasteiger charge is -2.03. The lowest BCUT2D eigenvalue weighted by atomic mass is 10.2. The van der Waals surface area contributed by atoms with Gasteiger partial charge in [-0.15, -0.1) is 23.1 Å². The maximum atomic E-state index is 12.1. The van der Waals surface area contributed by atoms with Gasteiger partial charge in [-0.2, -0.15) is 0 Å². The van der Waals surface area contributed by atoms with Crippen LogP contribution in [0.2, 0.25) is 10.0 Å². The van der Waals surface area contributed by atoms with Gasteiger partial charge in [-0.3, -0.25) is 4.79 Å². The molecule has 0 aliphatic carbocycles. The molecule has 3 aromatic rings. The van der Waals surface area contributed by atoms with Gasteiger partial charge in [0.2, 0.25) is 5.91 Å². The molecule has 134 valence electrons. The quantitative estimate of drug-likeness (QED) is 0.343. The van der Waals surface area contributed by atoms with Crippen molar-refractivity contribution >= 4 is 57.3 Å². The Labute approximate surface area is 170 Å². The molecule has 1 N–H and O–H groups in total. The van der Waals surface area contributed by atoms with Crippen molar-refractivity contribution in [3.05, 3.63) is 64.0 Å². The number of thioether (sulfide) groups is 1. The van der Waals surface area contributed by atoms with E-state index < -0.39 is 0 Å². The van der Waals surface area contributed by atoms with Crippen LogP contribution >= 0.6 is 46.3 Å². The third-order valence-electron chi connectivity index (χ3n) is 3.53.